The van der Waals surface area contributed by atoms with Crippen molar-refractivity contribution in [1.29, 1.82) is 5.26 Å². The second-order valence-corrected chi connectivity index (χ2v) is 6.32. The maximum Gasteiger partial charge on any atom is 0.308 e. The molecule has 1 atom stereocenters. The molecule has 0 aliphatic heterocycles. The molecule has 0 aliphatic rings. The Balaban J connectivity index is 2.71. The molecule has 0 amide bonds. The van der Waals surface area contributed by atoms with Crippen LogP contribution in [0.25, 0.3) is 0 Å². The number of rotatable bonds is 5. The maximum absolute atomic E-state index is 11.3. The van der Waals surface area contributed by atoms with E-state index < -0.39 is 11.9 Å². The van der Waals surface area contributed by atoms with Gasteiger partial charge < -0.3 is 10.4 Å². The topological polar surface area (TPSA) is 73.1 Å². The molecule has 2 N–H and O–H groups in total. The molecule has 1 unspecified atom stereocenters. The first-order valence-electron chi connectivity index (χ1n) is 6.70. The number of hydrogen-bond donors (Lipinski definition) is 2. The number of aliphatic carboxylic acids is 1. The maximum atomic E-state index is 11.3. The number of carboxylic acid groups (broad SMARTS) is 1. The predicted octanol–water partition coefficient (Wildman–Crippen LogP) is 3.42. The van der Waals surface area contributed by atoms with Crippen LogP contribution in [0.4, 0.5) is 5.69 Å². The summed E-state index contributed by atoms with van der Waals surface area (Å²) in [5.41, 5.74) is 2.35. The van der Waals surface area contributed by atoms with E-state index in [1.54, 1.807) is 6.07 Å². The van der Waals surface area contributed by atoms with Crippen molar-refractivity contribution >= 4 is 11.7 Å². The normalized spacial score (nSPS) is 12.6. The van der Waals surface area contributed by atoms with Crippen LogP contribution in [0.3, 0.4) is 0 Å². The lowest BCUT2D eigenvalue weighted by atomic mass is 9.84. The summed E-state index contributed by atoms with van der Waals surface area (Å²) in [6.07, 6.45) is 0.616. The number of nitriles is 1. The van der Waals surface area contributed by atoms with Crippen molar-refractivity contribution in [2.24, 2.45) is 11.3 Å². The smallest absolute Gasteiger partial charge is 0.308 e. The van der Waals surface area contributed by atoms with Crippen LogP contribution in [-0.4, -0.2) is 17.6 Å². The molecule has 1 rings (SSSR count). The van der Waals surface area contributed by atoms with Crippen LogP contribution in [0.2, 0.25) is 0 Å². The second-order valence-electron chi connectivity index (χ2n) is 6.32. The van der Waals surface area contributed by atoms with Crippen LogP contribution in [0.5, 0.6) is 0 Å². The van der Waals surface area contributed by atoms with E-state index in [1.807, 2.05) is 39.8 Å². The Bertz CT molecular complexity index is 524. The molecular weight excluding hydrogens is 252 g/mol. The minimum Gasteiger partial charge on any atom is -0.481 e. The lowest BCUT2D eigenvalue weighted by molar-refractivity contribution is -0.142. The fraction of sp³-hybridized carbons (Fsp3) is 0.500. The Hall–Kier alpha value is -2.02. The second kappa shape index (κ2) is 6.42. The summed E-state index contributed by atoms with van der Waals surface area (Å²) >= 11 is 0. The number of hydrogen-bond acceptors (Lipinski definition) is 3. The van der Waals surface area contributed by atoms with Gasteiger partial charge in [0.1, 0.15) is 0 Å². The van der Waals surface area contributed by atoms with E-state index >= 15 is 0 Å². The van der Waals surface area contributed by atoms with Crippen LogP contribution in [0.1, 0.15) is 38.3 Å². The molecule has 0 heterocycles. The molecule has 108 valence electrons. The van der Waals surface area contributed by atoms with E-state index in [-0.39, 0.29) is 5.41 Å². The number of carbonyl (C=O) groups is 1. The van der Waals surface area contributed by atoms with E-state index in [0.717, 1.165) is 11.3 Å². The van der Waals surface area contributed by atoms with Crippen molar-refractivity contribution in [3.05, 3.63) is 29.3 Å². The van der Waals surface area contributed by atoms with Crippen molar-refractivity contribution < 1.29 is 9.90 Å². The lowest BCUT2D eigenvalue weighted by Gasteiger charge is -2.23. The SMILES string of the molecule is Cc1cc(NCC(CC(C)(C)C)C(=O)O)ccc1C#N. The quantitative estimate of drug-likeness (QED) is 0.863. The molecule has 1 aromatic carbocycles. The summed E-state index contributed by atoms with van der Waals surface area (Å²) in [5.74, 6) is -1.20. The van der Waals surface area contributed by atoms with Gasteiger partial charge in [-0.2, -0.15) is 5.26 Å². The van der Waals surface area contributed by atoms with Gasteiger partial charge in [-0.1, -0.05) is 20.8 Å². The zero-order valence-electron chi connectivity index (χ0n) is 12.5. The average Bonchev–Trinajstić information content (AvgIpc) is 2.33. The third kappa shape index (κ3) is 4.93. The fourth-order valence-corrected chi connectivity index (χ4v) is 2.13. The van der Waals surface area contributed by atoms with Crippen molar-refractivity contribution in [2.75, 3.05) is 11.9 Å². The Kier molecular flexibility index (Phi) is 5.15. The number of carboxylic acids is 1. The Labute approximate surface area is 120 Å². The number of benzene rings is 1. The lowest BCUT2D eigenvalue weighted by Crippen LogP contribution is -2.27. The largest absolute Gasteiger partial charge is 0.481 e. The summed E-state index contributed by atoms with van der Waals surface area (Å²) in [4.78, 5) is 11.3. The molecule has 0 aliphatic carbocycles. The van der Waals surface area contributed by atoms with Crippen LogP contribution in [0.15, 0.2) is 18.2 Å². The number of anilines is 1. The standard InChI is InChI=1S/C16H22N2O2/c1-11-7-14(6-5-12(11)9-17)18-10-13(15(19)20)8-16(2,3)4/h5-7,13,18H,8,10H2,1-4H3,(H,19,20). The minimum absolute atomic E-state index is 0.0225. The monoisotopic (exact) mass is 274 g/mol. The molecule has 0 saturated heterocycles. The average molecular weight is 274 g/mol. The van der Waals surface area contributed by atoms with E-state index in [0.29, 0.717) is 18.5 Å². The molecule has 4 heteroatoms. The first-order valence-corrected chi connectivity index (χ1v) is 6.70. The van der Waals surface area contributed by atoms with Crippen molar-refractivity contribution in [2.45, 2.75) is 34.1 Å². The third-order valence-electron chi connectivity index (χ3n) is 3.11. The summed E-state index contributed by atoms with van der Waals surface area (Å²) < 4.78 is 0. The summed E-state index contributed by atoms with van der Waals surface area (Å²) in [6, 6.07) is 7.54. The highest BCUT2D eigenvalue weighted by Crippen LogP contribution is 2.25. The minimum atomic E-state index is -0.780. The van der Waals surface area contributed by atoms with Gasteiger partial charge in [-0.3, -0.25) is 4.79 Å². The Morgan fingerprint density at radius 2 is 2.10 bits per heavy atom. The fourth-order valence-electron chi connectivity index (χ4n) is 2.13. The van der Waals surface area contributed by atoms with E-state index in [2.05, 4.69) is 11.4 Å². The third-order valence-corrected chi connectivity index (χ3v) is 3.11. The zero-order chi connectivity index (χ0) is 15.3. The van der Waals surface area contributed by atoms with Gasteiger partial charge >= 0.3 is 5.97 Å². The van der Waals surface area contributed by atoms with Crippen molar-refractivity contribution in [1.82, 2.24) is 0 Å². The highest BCUT2D eigenvalue weighted by atomic mass is 16.4. The van der Waals surface area contributed by atoms with Gasteiger partial charge in [-0.15, -0.1) is 0 Å². The zero-order valence-corrected chi connectivity index (χ0v) is 12.5. The summed E-state index contributed by atoms with van der Waals surface area (Å²) in [5, 5.41) is 21.3. The Morgan fingerprint density at radius 1 is 1.45 bits per heavy atom. The van der Waals surface area contributed by atoms with Gasteiger partial charge in [0.25, 0.3) is 0 Å². The van der Waals surface area contributed by atoms with Crippen LogP contribution < -0.4 is 5.32 Å². The molecule has 4 nitrogen and oxygen atoms in total. The molecule has 20 heavy (non-hydrogen) atoms. The Morgan fingerprint density at radius 3 is 2.55 bits per heavy atom. The van der Waals surface area contributed by atoms with E-state index in [1.165, 1.54) is 0 Å². The highest BCUT2D eigenvalue weighted by molar-refractivity contribution is 5.71. The van der Waals surface area contributed by atoms with Crippen molar-refractivity contribution in [3.63, 3.8) is 0 Å². The van der Waals surface area contributed by atoms with E-state index in [4.69, 9.17) is 5.26 Å². The number of aryl methyl sites for hydroxylation is 1. The van der Waals surface area contributed by atoms with Crippen LogP contribution in [0, 0.1) is 29.6 Å². The van der Waals surface area contributed by atoms with Crippen LogP contribution in [-0.2, 0) is 4.79 Å². The molecule has 0 fully saturated rings. The molecular formula is C16H22N2O2. The van der Waals surface area contributed by atoms with Gasteiger partial charge in [0, 0.05) is 12.2 Å². The molecule has 0 aromatic heterocycles. The summed E-state index contributed by atoms with van der Waals surface area (Å²) in [6.45, 7) is 8.36. The first-order chi connectivity index (χ1) is 9.23. The molecule has 0 radical (unpaired) electrons. The van der Waals surface area contributed by atoms with Gasteiger partial charge in [0.05, 0.1) is 17.6 Å². The molecule has 1 aromatic rings. The van der Waals surface area contributed by atoms with Gasteiger partial charge in [0.2, 0.25) is 0 Å². The van der Waals surface area contributed by atoms with Gasteiger partial charge in [0.15, 0.2) is 0 Å². The van der Waals surface area contributed by atoms with Crippen LogP contribution >= 0.6 is 0 Å². The number of nitrogens with zero attached hydrogens (tertiary/aromatic N) is 1. The highest BCUT2D eigenvalue weighted by Gasteiger charge is 2.24. The molecule has 0 spiro atoms. The molecule has 0 bridgehead atoms. The van der Waals surface area contributed by atoms with E-state index in [9.17, 15) is 9.90 Å². The van der Waals surface area contributed by atoms with Crippen molar-refractivity contribution in [3.8, 4) is 6.07 Å². The first kappa shape index (κ1) is 16.0. The van der Waals surface area contributed by atoms with Gasteiger partial charge in [-0.25, -0.2) is 0 Å². The van der Waals surface area contributed by atoms with Gasteiger partial charge in [-0.05, 0) is 42.5 Å². The predicted molar refractivity (Wildman–Crippen MR) is 79.6 cm³/mol. The molecule has 0 saturated carbocycles. The number of nitrogens with one attached hydrogen (secondary N) is 1. The summed E-state index contributed by atoms with van der Waals surface area (Å²) in [7, 11) is 0.